The second-order valence-corrected chi connectivity index (χ2v) is 15.2. The van der Waals surface area contributed by atoms with Crippen molar-refractivity contribution in [2.45, 2.75) is 75.9 Å². The first-order valence-corrected chi connectivity index (χ1v) is 18.4. The van der Waals surface area contributed by atoms with Gasteiger partial charge in [0.05, 0.1) is 15.6 Å². The maximum Gasteiger partial charge on any atom is 0.264 e. The molecular weight excluding hydrogens is 665 g/mol. The van der Waals surface area contributed by atoms with Gasteiger partial charge in [-0.25, -0.2) is 8.42 Å². The summed E-state index contributed by atoms with van der Waals surface area (Å²) < 4.78 is 29.6. The number of carbonyl (C=O) groups is 2. The Morgan fingerprint density at radius 2 is 1.50 bits per heavy atom. The fourth-order valence-corrected chi connectivity index (χ4v) is 7.99. The monoisotopic (exact) mass is 705 g/mol. The lowest BCUT2D eigenvalue weighted by Gasteiger charge is -2.35. The second-order valence-electron chi connectivity index (χ2n) is 12.5. The zero-order valence-corrected chi connectivity index (χ0v) is 29.6. The van der Waals surface area contributed by atoms with Crippen LogP contribution in [-0.4, -0.2) is 43.8 Å². The molecule has 5 rings (SSSR count). The van der Waals surface area contributed by atoms with E-state index in [2.05, 4.69) is 5.32 Å². The van der Waals surface area contributed by atoms with E-state index in [1.807, 2.05) is 68.4 Å². The number of hydrogen-bond acceptors (Lipinski definition) is 4. The minimum absolute atomic E-state index is 0.00180. The standard InChI is InChI=1S/C38H41Cl2N3O4S/c1-27-16-19-33(20-17-27)48(46,47)43(35-24-31(39)18-21-34(35)40)26-37(44)42(25-30-13-9-10-28(2)22-30)36(23-29-11-5-3-6-12-29)38(45)41-32-14-7-4-8-15-32/h3,5-6,9-13,16-22,24,32,36H,4,7-8,14-15,23,25-26H2,1-2H3,(H,41,45)/t36-/m0/s1. The summed E-state index contributed by atoms with van der Waals surface area (Å²) in [6, 6.07) is 27.3. The zero-order valence-electron chi connectivity index (χ0n) is 27.2. The summed E-state index contributed by atoms with van der Waals surface area (Å²) in [5.74, 6) is -0.816. The summed E-state index contributed by atoms with van der Waals surface area (Å²) >= 11 is 12.9. The highest BCUT2D eigenvalue weighted by Gasteiger charge is 2.36. The van der Waals surface area contributed by atoms with Gasteiger partial charge in [-0.3, -0.25) is 13.9 Å². The van der Waals surface area contributed by atoms with Crippen LogP contribution in [0.15, 0.2) is 102 Å². The van der Waals surface area contributed by atoms with Crippen molar-refractivity contribution in [1.29, 1.82) is 0 Å². The summed E-state index contributed by atoms with van der Waals surface area (Å²) in [4.78, 5) is 30.5. The molecule has 1 atom stereocenters. The minimum atomic E-state index is -4.30. The first kappa shape index (κ1) is 35.5. The molecule has 0 radical (unpaired) electrons. The number of nitrogens with zero attached hydrogens (tertiary/aromatic N) is 2. The number of aryl methyl sites for hydroxylation is 2. The van der Waals surface area contributed by atoms with E-state index in [4.69, 9.17) is 23.2 Å². The van der Waals surface area contributed by atoms with Crippen molar-refractivity contribution >= 4 is 50.7 Å². The molecule has 7 nitrogen and oxygen atoms in total. The molecule has 0 unspecified atom stereocenters. The second kappa shape index (κ2) is 16.0. The van der Waals surface area contributed by atoms with Gasteiger partial charge in [-0.1, -0.05) is 120 Å². The van der Waals surface area contributed by atoms with Gasteiger partial charge in [0.25, 0.3) is 10.0 Å². The Labute approximate surface area is 293 Å². The number of benzene rings is 4. The molecule has 1 saturated carbocycles. The first-order chi connectivity index (χ1) is 23.0. The molecule has 0 spiro atoms. The smallest absolute Gasteiger partial charge is 0.264 e. The van der Waals surface area contributed by atoms with E-state index in [0.29, 0.717) is 0 Å². The molecule has 4 aromatic rings. The fourth-order valence-electron chi connectivity index (χ4n) is 6.13. The van der Waals surface area contributed by atoms with Crippen LogP contribution in [0.4, 0.5) is 5.69 Å². The van der Waals surface area contributed by atoms with E-state index in [0.717, 1.165) is 58.7 Å². The van der Waals surface area contributed by atoms with Crippen LogP contribution in [0.1, 0.15) is 54.4 Å². The molecule has 10 heteroatoms. The average Bonchev–Trinajstić information content (AvgIpc) is 3.07. The molecule has 48 heavy (non-hydrogen) atoms. The van der Waals surface area contributed by atoms with Gasteiger partial charge in [-0.15, -0.1) is 0 Å². The number of anilines is 1. The van der Waals surface area contributed by atoms with E-state index in [1.54, 1.807) is 18.2 Å². The van der Waals surface area contributed by atoms with Crippen molar-refractivity contribution in [3.8, 4) is 0 Å². The van der Waals surface area contributed by atoms with Crippen LogP contribution >= 0.6 is 23.2 Å². The molecule has 1 aliphatic carbocycles. The molecule has 2 amide bonds. The predicted molar refractivity (Wildman–Crippen MR) is 193 cm³/mol. The number of amides is 2. The molecule has 0 heterocycles. The van der Waals surface area contributed by atoms with E-state index in [-0.39, 0.29) is 45.5 Å². The van der Waals surface area contributed by atoms with Crippen LogP contribution in [0.3, 0.4) is 0 Å². The van der Waals surface area contributed by atoms with Crippen molar-refractivity contribution in [2.75, 3.05) is 10.8 Å². The van der Waals surface area contributed by atoms with Crippen molar-refractivity contribution < 1.29 is 18.0 Å². The normalized spacial score (nSPS) is 14.2. The Balaban J connectivity index is 1.59. The molecule has 1 fully saturated rings. The van der Waals surface area contributed by atoms with E-state index < -0.39 is 28.5 Å². The first-order valence-electron chi connectivity index (χ1n) is 16.2. The molecule has 1 N–H and O–H groups in total. The van der Waals surface area contributed by atoms with E-state index >= 15 is 0 Å². The van der Waals surface area contributed by atoms with Crippen molar-refractivity contribution in [2.24, 2.45) is 0 Å². The highest BCUT2D eigenvalue weighted by Crippen LogP contribution is 2.33. The lowest BCUT2D eigenvalue weighted by Crippen LogP contribution is -2.55. The number of halogens is 2. The van der Waals surface area contributed by atoms with Gasteiger partial charge in [0, 0.05) is 24.0 Å². The lowest BCUT2D eigenvalue weighted by molar-refractivity contribution is -0.140. The molecular formula is C38H41Cl2N3O4S. The van der Waals surface area contributed by atoms with E-state index in [1.165, 1.54) is 29.2 Å². The van der Waals surface area contributed by atoms with Crippen LogP contribution in [0.25, 0.3) is 0 Å². The van der Waals surface area contributed by atoms with Crippen molar-refractivity contribution in [1.82, 2.24) is 10.2 Å². The van der Waals surface area contributed by atoms with Gasteiger partial charge in [0.15, 0.2) is 0 Å². The minimum Gasteiger partial charge on any atom is -0.352 e. The number of carbonyl (C=O) groups excluding carboxylic acids is 2. The van der Waals surface area contributed by atoms with Crippen LogP contribution in [0.2, 0.25) is 10.0 Å². The summed E-state index contributed by atoms with van der Waals surface area (Å²) in [7, 11) is -4.30. The Bertz CT molecular complexity index is 1830. The third kappa shape index (κ3) is 8.98. The molecule has 0 aliphatic heterocycles. The Morgan fingerprint density at radius 1 is 0.812 bits per heavy atom. The molecule has 0 aromatic heterocycles. The van der Waals surface area contributed by atoms with Gasteiger partial charge in [-0.2, -0.15) is 0 Å². The van der Waals surface area contributed by atoms with Crippen LogP contribution in [0, 0.1) is 13.8 Å². The van der Waals surface area contributed by atoms with Gasteiger partial charge < -0.3 is 10.2 Å². The number of nitrogens with one attached hydrogen (secondary N) is 1. The summed E-state index contributed by atoms with van der Waals surface area (Å²) in [5, 5.41) is 3.61. The van der Waals surface area contributed by atoms with Gasteiger partial charge in [0.1, 0.15) is 12.6 Å². The highest BCUT2D eigenvalue weighted by atomic mass is 35.5. The largest absolute Gasteiger partial charge is 0.352 e. The molecule has 252 valence electrons. The predicted octanol–water partition coefficient (Wildman–Crippen LogP) is 7.89. The van der Waals surface area contributed by atoms with Crippen LogP contribution in [0.5, 0.6) is 0 Å². The average molecular weight is 707 g/mol. The van der Waals surface area contributed by atoms with E-state index in [9.17, 15) is 18.0 Å². The van der Waals surface area contributed by atoms with Gasteiger partial charge >= 0.3 is 0 Å². The van der Waals surface area contributed by atoms with Gasteiger partial charge in [0.2, 0.25) is 11.8 Å². The Morgan fingerprint density at radius 3 is 2.19 bits per heavy atom. The molecule has 1 aliphatic rings. The van der Waals surface area contributed by atoms with Crippen LogP contribution < -0.4 is 9.62 Å². The fraction of sp³-hybridized carbons (Fsp3) is 0.316. The zero-order chi connectivity index (χ0) is 34.3. The third-order valence-electron chi connectivity index (χ3n) is 8.72. The highest BCUT2D eigenvalue weighted by molar-refractivity contribution is 7.92. The number of sulfonamides is 1. The number of rotatable bonds is 12. The van der Waals surface area contributed by atoms with Crippen molar-refractivity contribution in [3.05, 3.63) is 129 Å². The third-order valence-corrected chi connectivity index (χ3v) is 11.1. The maximum atomic E-state index is 14.7. The molecule has 4 aromatic carbocycles. The number of hydrogen-bond donors (Lipinski definition) is 1. The van der Waals surface area contributed by atoms with Crippen LogP contribution in [-0.2, 0) is 32.6 Å². The Kier molecular flexibility index (Phi) is 11.8. The molecule has 0 saturated heterocycles. The summed E-state index contributed by atoms with van der Waals surface area (Å²) in [6.07, 6.45) is 5.21. The lowest BCUT2D eigenvalue weighted by atomic mass is 9.94. The summed E-state index contributed by atoms with van der Waals surface area (Å²) in [6.45, 7) is 3.31. The SMILES string of the molecule is Cc1ccc(S(=O)(=O)N(CC(=O)N(Cc2cccc(C)c2)[C@@H](Cc2ccccc2)C(=O)NC2CCCCC2)c2cc(Cl)ccc2Cl)cc1. The topological polar surface area (TPSA) is 86.8 Å². The summed E-state index contributed by atoms with van der Waals surface area (Å²) in [5.41, 5.74) is 3.65. The molecule has 0 bridgehead atoms. The maximum absolute atomic E-state index is 14.7. The Hall–Kier alpha value is -3.85. The van der Waals surface area contributed by atoms with Gasteiger partial charge in [-0.05, 0) is 68.1 Å². The quantitative estimate of drug-likeness (QED) is 0.162. The van der Waals surface area contributed by atoms with Crippen molar-refractivity contribution in [3.63, 3.8) is 0 Å².